The highest BCUT2D eigenvalue weighted by molar-refractivity contribution is 7.07. The van der Waals surface area contributed by atoms with Gasteiger partial charge >= 0.3 is 0 Å². The van der Waals surface area contributed by atoms with Gasteiger partial charge in [-0.05, 0) is 46.9 Å². The Morgan fingerprint density at radius 3 is 3.00 bits per heavy atom. The van der Waals surface area contributed by atoms with Gasteiger partial charge < -0.3 is 10.4 Å². The van der Waals surface area contributed by atoms with E-state index < -0.39 is 0 Å². The van der Waals surface area contributed by atoms with E-state index >= 15 is 0 Å². The number of rotatable bonds is 4. The van der Waals surface area contributed by atoms with Crippen molar-refractivity contribution in [1.29, 1.82) is 0 Å². The average Bonchev–Trinajstić information content (AvgIpc) is 2.99. The monoisotopic (exact) mass is 273 g/mol. The Balaban J connectivity index is 1.69. The van der Waals surface area contributed by atoms with Crippen molar-refractivity contribution in [2.24, 2.45) is 0 Å². The number of thiophene rings is 1. The molecule has 1 aromatic carbocycles. The van der Waals surface area contributed by atoms with E-state index in [9.17, 15) is 5.11 Å². The molecule has 0 fully saturated rings. The molecule has 3 rings (SSSR count). The van der Waals surface area contributed by atoms with Crippen molar-refractivity contribution < 1.29 is 5.11 Å². The summed E-state index contributed by atoms with van der Waals surface area (Å²) in [5.74, 6) is 0. The third kappa shape index (κ3) is 2.73. The molecule has 1 aliphatic carbocycles. The predicted octanol–water partition coefficient (Wildman–Crippen LogP) is 2.93. The number of aliphatic hydroxyl groups excluding tert-OH is 1. The molecule has 1 aromatic heterocycles. The Labute approximate surface area is 118 Å². The first kappa shape index (κ1) is 12.9. The molecule has 0 amide bonds. The summed E-state index contributed by atoms with van der Waals surface area (Å²) < 4.78 is 0. The summed E-state index contributed by atoms with van der Waals surface area (Å²) >= 11 is 1.74. The van der Waals surface area contributed by atoms with Crippen molar-refractivity contribution in [2.75, 3.05) is 0 Å². The van der Waals surface area contributed by atoms with Gasteiger partial charge in [-0.2, -0.15) is 11.3 Å². The number of hydrogen-bond donors (Lipinski definition) is 2. The van der Waals surface area contributed by atoms with E-state index in [1.807, 2.05) is 6.07 Å². The van der Waals surface area contributed by atoms with Crippen molar-refractivity contribution in [3.05, 3.63) is 57.8 Å². The van der Waals surface area contributed by atoms with E-state index in [1.165, 1.54) is 16.7 Å². The highest BCUT2D eigenvalue weighted by Gasteiger charge is 2.31. The fraction of sp³-hybridized carbons (Fsp3) is 0.375. The predicted molar refractivity (Wildman–Crippen MR) is 79.5 cm³/mol. The number of hydrogen-bond acceptors (Lipinski definition) is 3. The first-order valence-corrected chi connectivity index (χ1v) is 7.71. The third-order valence-corrected chi connectivity index (χ3v) is 4.52. The lowest BCUT2D eigenvalue weighted by Gasteiger charge is -2.23. The van der Waals surface area contributed by atoms with Gasteiger partial charge in [-0.1, -0.05) is 24.3 Å². The molecule has 0 aliphatic heterocycles. The lowest BCUT2D eigenvalue weighted by molar-refractivity contribution is 0.135. The first-order valence-electron chi connectivity index (χ1n) is 6.77. The van der Waals surface area contributed by atoms with Crippen LogP contribution >= 0.6 is 11.3 Å². The van der Waals surface area contributed by atoms with Crippen LogP contribution in [0.25, 0.3) is 0 Å². The Hall–Kier alpha value is -1.16. The quantitative estimate of drug-likeness (QED) is 0.897. The van der Waals surface area contributed by atoms with E-state index in [-0.39, 0.29) is 12.1 Å². The maximum absolute atomic E-state index is 10.2. The Morgan fingerprint density at radius 2 is 2.21 bits per heavy atom. The van der Waals surface area contributed by atoms with Crippen LogP contribution in [0.5, 0.6) is 0 Å². The molecule has 100 valence electrons. The van der Waals surface area contributed by atoms with Crippen LogP contribution in [0.1, 0.15) is 29.7 Å². The Morgan fingerprint density at radius 1 is 1.37 bits per heavy atom. The SMILES string of the molecule is CC(Cc1ccsc1)NC1c2ccccc2CC1O. The maximum atomic E-state index is 10.2. The molecule has 2 nitrogen and oxygen atoms in total. The molecule has 0 bridgehead atoms. The second-order valence-electron chi connectivity index (χ2n) is 5.35. The maximum Gasteiger partial charge on any atom is 0.0775 e. The van der Waals surface area contributed by atoms with E-state index in [2.05, 4.69) is 47.3 Å². The van der Waals surface area contributed by atoms with Gasteiger partial charge in [0.25, 0.3) is 0 Å². The van der Waals surface area contributed by atoms with E-state index in [1.54, 1.807) is 11.3 Å². The van der Waals surface area contributed by atoms with Gasteiger partial charge in [0.2, 0.25) is 0 Å². The summed E-state index contributed by atoms with van der Waals surface area (Å²) in [6.45, 7) is 2.19. The van der Waals surface area contributed by atoms with Gasteiger partial charge in [0.05, 0.1) is 12.1 Å². The topological polar surface area (TPSA) is 32.3 Å². The molecule has 0 radical (unpaired) electrons. The van der Waals surface area contributed by atoms with Crippen LogP contribution in [-0.4, -0.2) is 17.3 Å². The average molecular weight is 273 g/mol. The standard InChI is InChI=1S/C16H19NOS/c1-11(8-12-6-7-19-10-12)17-16-14-5-3-2-4-13(14)9-15(16)18/h2-7,10-11,15-18H,8-9H2,1H3. The smallest absolute Gasteiger partial charge is 0.0775 e. The van der Waals surface area contributed by atoms with Crippen LogP contribution in [0.15, 0.2) is 41.1 Å². The van der Waals surface area contributed by atoms with Crippen LogP contribution in [0.2, 0.25) is 0 Å². The van der Waals surface area contributed by atoms with E-state index in [0.717, 1.165) is 12.8 Å². The summed E-state index contributed by atoms with van der Waals surface area (Å²) in [6.07, 6.45) is 1.47. The van der Waals surface area contributed by atoms with Crippen LogP contribution in [-0.2, 0) is 12.8 Å². The summed E-state index contributed by atoms with van der Waals surface area (Å²) in [5.41, 5.74) is 3.90. The molecule has 1 aliphatic rings. The van der Waals surface area contributed by atoms with Crippen LogP contribution in [0.4, 0.5) is 0 Å². The minimum Gasteiger partial charge on any atom is -0.391 e. The molecule has 3 heteroatoms. The van der Waals surface area contributed by atoms with Gasteiger partial charge in [0.15, 0.2) is 0 Å². The molecule has 0 spiro atoms. The molecule has 1 heterocycles. The lowest BCUT2D eigenvalue weighted by Crippen LogP contribution is -2.36. The molecule has 2 aromatic rings. The van der Waals surface area contributed by atoms with Crippen LogP contribution in [0, 0.1) is 0 Å². The minimum atomic E-state index is -0.303. The number of fused-ring (bicyclic) bond motifs is 1. The van der Waals surface area contributed by atoms with Crippen molar-refractivity contribution in [3.8, 4) is 0 Å². The van der Waals surface area contributed by atoms with Gasteiger partial charge in [-0.25, -0.2) is 0 Å². The van der Waals surface area contributed by atoms with Gasteiger partial charge in [-0.3, -0.25) is 0 Å². The Kier molecular flexibility index (Phi) is 3.69. The van der Waals surface area contributed by atoms with Crippen molar-refractivity contribution in [3.63, 3.8) is 0 Å². The number of aliphatic hydroxyl groups is 1. The number of nitrogens with one attached hydrogen (secondary N) is 1. The van der Waals surface area contributed by atoms with Gasteiger partial charge in [-0.15, -0.1) is 0 Å². The van der Waals surface area contributed by atoms with Crippen molar-refractivity contribution in [1.82, 2.24) is 5.32 Å². The fourth-order valence-corrected chi connectivity index (χ4v) is 3.58. The van der Waals surface area contributed by atoms with Gasteiger partial charge in [0.1, 0.15) is 0 Å². The Bertz CT molecular complexity index is 537. The summed E-state index contributed by atoms with van der Waals surface area (Å²) in [6, 6.07) is 10.9. The minimum absolute atomic E-state index is 0.0739. The summed E-state index contributed by atoms with van der Waals surface area (Å²) in [4.78, 5) is 0. The van der Waals surface area contributed by atoms with Crippen LogP contribution in [0.3, 0.4) is 0 Å². The highest BCUT2D eigenvalue weighted by Crippen LogP contribution is 2.31. The first-order chi connectivity index (χ1) is 9.24. The van der Waals surface area contributed by atoms with E-state index in [4.69, 9.17) is 0 Å². The zero-order chi connectivity index (χ0) is 13.2. The number of benzene rings is 1. The van der Waals surface area contributed by atoms with E-state index in [0.29, 0.717) is 6.04 Å². The molecule has 19 heavy (non-hydrogen) atoms. The molecule has 3 atom stereocenters. The second kappa shape index (κ2) is 5.45. The molecular formula is C16H19NOS. The summed E-state index contributed by atoms with van der Waals surface area (Å²) in [5, 5.41) is 18.1. The van der Waals surface area contributed by atoms with Gasteiger partial charge in [0, 0.05) is 12.5 Å². The molecular weight excluding hydrogens is 254 g/mol. The molecule has 3 unspecified atom stereocenters. The molecule has 2 N–H and O–H groups in total. The zero-order valence-electron chi connectivity index (χ0n) is 11.0. The van der Waals surface area contributed by atoms with Crippen molar-refractivity contribution >= 4 is 11.3 Å². The zero-order valence-corrected chi connectivity index (χ0v) is 11.9. The largest absolute Gasteiger partial charge is 0.391 e. The van der Waals surface area contributed by atoms with Crippen molar-refractivity contribution in [2.45, 2.75) is 38.0 Å². The third-order valence-electron chi connectivity index (χ3n) is 3.79. The lowest BCUT2D eigenvalue weighted by atomic mass is 10.0. The second-order valence-corrected chi connectivity index (χ2v) is 6.13. The molecule has 0 saturated heterocycles. The van der Waals surface area contributed by atoms with Crippen LogP contribution < -0.4 is 5.32 Å². The highest BCUT2D eigenvalue weighted by atomic mass is 32.1. The normalized spacial score (nSPS) is 23.3. The molecule has 0 saturated carbocycles. The summed E-state index contributed by atoms with van der Waals surface area (Å²) in [7, 11) is 0. The fourth-order valence-electron chi connectivity index (χ4n) is 2.90.